The molecule has 22 heavy (non-hydrogen) atoms. The number of benzene rings is 1. The quantitative estimate of drug-likeness (QED) is 0.858. The molecule has 2 rings (SSSR count). The van der Waals surface area contributed by atoms with E-state index in [9.17, 15) is 17.6 Å². The Morgan fingerprint density at radius 1 is 1.23 bits per heavy atom. The van der Waals surface area contributed by atoms with Gasteiger partial charge in [0.2, 0.25) is 0 Å². The van der Waals surface area contributed by atoms with Gasteiger partial charge < -0.3 is 10.2 Å². The number of hydrogen-bond donors (Lipinski definition) is 1. The van der Waals surface area contributed by atoms with Gasteiger partial charge in [-0.2, -0.15) is 13.2 Å². The Morgan fingerprint density at radius 3 is 2.64 bits per heavy atom. The zero-order valence-electron chi connectivity index (χ0n) is 12.8. The van der Waals surface area contributed by atoms with E-state index in [1.165, 1.54) is 6.07 Å². The van der Waals surface area contributed by atoms with E-state index in [-0.39, 0.29) is 6.54 Å². The molecule has 0 bridgehead atoms. The number of halogens is 4. The molecular weight excluding hydrogens is 298 g/mol. The molecule has 1 aliphatic rings. The molecule has 0 amide bonds. The van der Waals surface area contributed by atoms with Crippen molar-refractivity contribution in [3.63, 3.8) is 0 Å². The topological polar surface area (TPSA) is 18.5 Å². The highest BCUT2D eigenvalue weighted by Crippen LogP contribution is 2.31. The molecule has 0 radical (unpaired) electrons. The van der Waals surface area contributed by atoms with Gasteiger partial charge in [0.1, 0.15) is 5.82 Å². The molecule has 0 unspecified atom stereocenters. The Hall–Kier alpha value is -1.18. The van der Waals surface area contributed by atoms with E-state index in [0.717, 1.165) is 31.8 Å². The summed E-state index contributed by atoms with van der Waals surface area (Å²) in [6.07, 6.45) is -4.66. The first kappa shape index (κ1) is 17.2. The molecule has 1 saturated heterocycles. The Balaban J connectivity index is 1.92. The molecule has 1 heterocycles. The summed E-state index contributed by atoms with van der Waals surface area (Å²) < 4.78 is 51.2. The van der Waals surface area contributed by atoms with Crippen molar-refractivity contribution in [2.45, 2.75) is 18.8 Å². The van der Waals surface area contributed by atoms with Crippen LogP contribution >= 0.6 is 0 Å². The first-order valence-corrected chi connectivity index (χ1v) is 7.22. The second kappa shape index (κ2) is 6.93. The molecule has 0 aliphatic carbocycles. The first-order valence-electron chi connectivity index (χ1n) is 7.22. The van der Waals surface area contributed by atoms with E-state index in [2.05, 4.69) is 22.2 Å². The van der Waals surface area contributed by atoms with Gasteiger partial charge in [-0.3, -0.25) is 4.90 Å². The average Bonchev–Trinajstić information content (AvgIpc) is 2.43. The number of hydrogen-bond acceptors (Lipinski definition) is 3. The van der Waals surface area contributed by atoms with Gasteiger partial charge in [-0.1, -0.05) is 6.07 Å². The van der Waals surface area contributed by atoms with Crippen molar-refractivity contribution in [3.05, 3.63) is 35.1 Å². The van der Waals surface area contributed by atoms with Crippen molar-refractivity contribution >= 4 is 0 Å². The van der Waals surface area contributed by atoms with Gasteiger partial charge in [0, 0.05) is 38.8 Å². The summed E-state index contributed by atoms with van der Waals surface area (Å²) in [5, 5.41) is 3.16. The fourth-order valence-electron chi connectivity index (χ4n) is 2.60. The van der Waals surface area contributed by atoms with Gasteiger partial charge in [-0.25, -0.2) is 4.39 Å². The second-order valence-electron chi connectivity index (χ2n) is 5.84. The summed E-state index contributed by atoms with van der Waals surface area (Å²) in [5.41, 5.74) is -0.776. The van der Waals surface area contributed by atoms with Crippen molar-refractivity contribution in [1.82, 2.24) is 15.1 Å². The second-order valence-corrected chi connectivity index (χ2v) is 5.84. The third-order valence-electron chi connectivity index (χ3n) is 4.03. The van der Waals surface area contributed by atoms with Crippen molar-refractivity contribution in [2.75, 3.05) is 40.3 Å². The molecule has 0 saturated carbocycles. The van der Waals surface area contributed by atoms with Crippen molar-refractivity contribution in [1.29, 1.82) is 0 Å². The number of likely N-dealkylation sites (N-methyl/N-ethyl adjacent to an activating group) is 2. The zero-order valence-corrected chi connectivity index (χ0v) is 12.8. The van der Waals surface area contributed by atoms with Crippen LogP contribution in [0.3, 0.4) is 0 Å². The summed E-state index contributed by atoms with van der Waals surface area (Å²) in [7, 11) is 4.09. The standard InChI is InChI=1S/C15H21F4N3/c1-21-5-6-22(2)12(10-21)9-20-8-11-3-4-14(16)13(7-11)15(17,18)19/h3-4,7,12,20H,5-6,8-10H2,1-2H3/t12-/m1/s1. The van der Waals surface area contributed by atoms with E-state index >= 15 is 0 Å². The third-order valence-corrected chi connectivity index (χ3v) is 4.03. The van der Waals surface area contributed by atoms with Gasteiger partial charge in [-0.15, -0.1) is 0 Å². The predicted molar refractivity (Wildman–Crippen MR) is 77.0 cm³/mol. The lowest BCUT2D eigenvalue weighted by atomic mass is 10.1. The monoisotopic (exact) mass is 319 g/mol. The van der Waals surface area contributed by atoms with Crippen LogP contribution in [0, 0.1) is 5.82 Å². The molecule has 3 nitrogen and oxygen atoms in total. The highest BCUT2D eigenvalue weighted by Gasteiger charge is 2.34. The minimum Gasteiger partial charge on any atom is -0.311 e. The molecule has 1 aromatic carbocycles. The lowest BCUT2D eigenvalue weighted by Crippen LogP contribution is -2.53. The number of rotatable bonds is 4. The zero-order chi connectivity index (χ0) is 16.3. The minimum atomic E-state index is -4.66. The van der Waals surface area contributed by atoms with Gasteiger partial charge in [-0.05, 0) is 31.8 Å². The van der Waals surface area contributed by atoms with Gasteiger partial charge in [0.05, 0.1) is 5.56 Å². The highest BCUT2D eigenvalue weighted by molar-refractivity contribution is 5.27. The molecule has 7 heteroatoms. The predicted octanol–water partition coefficient (Wildman–Crippen LogP) is 2.18. The van der Waals surface area contributed by atoms with Crippen molar-refractivity contribution < 1.29 is 17.6 Å². The van der Waals surface area contributed by atoms with Crippen LogP contribution in [0.5, 0.6) is 0 Å². The summed E-state index contributed by atoms with van der Waals surface area (Å²) in [4.78, 5) is 4.46. The van der Waals surface area contributed by atoms with Crippen LogP contribution < -0.4 is 5.32 Å². The SMILES string of the molecule is CN1CCN(C)[C@H](CNCc2ccc(F)c(C(F)(F)F)c2)C1. The fourth-order valence-corrected chi connectivity index (χ4v) is 2.60. The van der Waals surface area contributed by atoms with Gasteiger partial charge >= 0.3 is 6.18 Å². The maximum absolute atomic E-state index is 13.2. The minimum absolute atomic E-state index is 0.289. The molecule has 1 aromatic rings. The van der Waals surface area contributed by atoms with Crippen LogP contribution in [0.15, 0.2) is 18.2 Å². The molecule has 1 fully saturated rings. The average molecular weight is 319 g/mol. The Bertz CT molecular complexity index is 504. The first-order chi connectivity index (χ1) is 10.3. The maximum Gasteiger partial charge on any atom is 0.419 e. The molecule has 1 aliphatic heterocycles. The summed E-state index contributed by atoms with van der Waals surface area (Å²) in [6.45, 7) is 3.87. The fraction of sp³-hybridized carbons (Fsp3) is 0.600. The number of alkyl halides is 3. The van der Waals surface area contributed by atoms with Crippen LogP contribution in [0.1, 0.15) is 11.1 Å². The summed E-state index contributed by atoms with van der Waals surface area (Å²) in [6, 6.07) is 3.45. The number of nitrogens with zero attached hydrogens (tertiary/aromatic N) is 2. The third kappa shape index (κ3) is 4.41. The number of piperazine rings is 1. The Kier molecular flexibility index (Phi) is 5.41. The largest absolute Gasteiger partial charge is 0.419 e. The normalized spacial score (nSPS) is 21.3. The van der Waals surface area contributed by atoms with Gasteiger partial charge in [0.25, 0.3) is 0 Å². The number of nitrogens with one attached hydrogen (secondary N) is 1. The molecule has 1 N–H and O–H groups in total. The summed E-state index contributed by atoms with van der Waals surface area (Å²) in [5.74, 6) is -1.23. The Labute approximate surface area is 127 Å². The highest BCUT2D eigenvalue weighted by atomic mass is 19.4. The molecule has 1 atom stereocenters. The van der Waals surface area contributed by atoms with Crippen LogP contribution in [0.25, 0.3) is 0 Å². The lowest BCUT2D eigenvalue weighted by Gasteiger charge is -2.37. The molecule has 124 valence electrons. The van der Waals surface area contributed by atoms with E-state index in [4.69, 9.17) is 0 Å². The van der Waals surface area contributed by atoms with Crippen LogP contribution in [-0.4, -0.2) is 56.1 Å². The molecule has 0 spiro atoms. The maximum atomic E-state index is 13.2. The molecular formula is C15H21F4N3. The van der Waals surface area contributed by atoms with Crippen molar-refractivity contribution in [2.24, 2.45) is 0 Å². The lowest BCUT2D eigenvalue weighted by molar-refractivity contribution is -0.140. The Morgan fingerprint density at radius 2 is 1.95 bits per heavy atom. The smallest absolute Gasteiger partial charge is 0.311 e. The van der Waals surface area contributed by atoms with Crippen molar-refractivity contribution in [3.8, 4) is 0 Å². The molecule has 0 aromatic heterocycles. The van der Waals surface area contributed by atoms with E-state index in [0.29, 0.717) is 18.2 Å². The van der Waals surface area contributed by atoms with Crippen LogP contribution in [0.2, 0.25) is 0 Å². The van der Waals surface area contributed by atoms with Gasteiger partial charge in [0.15, 0.2) is 0 Å². The summed E-state index contributed by atoms with van der Waals surface area (Å²) >= 11 is 0. The van der Waals surface area contributed by atoms with Crippen LogP contribution in [0.4, 0.5) is 17.6 Å². The van der Waals surface area contributed by atoms with Crippen LogP contribution in [-0.2, 0) is 12.7 Å². The van der Waals surface area contributed by atoms with E-state index in [1.807, 2.05) is 7.05 Å². The van der Waals surface area contributed by atoms with E-state index in [1.54, 1.807) is 0 Å². The van der Waals surface area contributed by atoms with E-state index < -0.39 is 17.6 Å².